The molecular weight excluding hydrogens is 224 g/mol. The van der Waals surface area contributed by atoms with Crippen molar-refractivity contribution in [2.24, 2.45) is 17.1 Å². The van der Waals surface area contributed by atoms with Crippen LogP contribution in [-0.4, -0.2) is 44.3 Å². The van der Waals surface area contributed by atoms with Gasteiger partial charge in [-0.2, -0.15) is 0 Å². The number of rotatable bonds is 8. The zero-order chi connectivity index (χ0) is 13.4. The van der Waals surface area contributed by atoms with Gasteiger partial charge in [0, 0.05) is 19.7 Å². The van der Waals surface area contributed by atoms with Crippen LogP contribution in [-0.2, 0) is 4.74 Å². The number of hydrogen-bond acceptors (Lipinski definition) is 3. The van der Waals surface area contributed by atoms with Crippen LogP contribution in [0.5, 0.6) is 0 Å². The van der Waals surface area contributed by atoms with E-state index >= 15 is 0 Å². The first-order valence-corrected chi connectivity index (χ1v) is 7.66. The highest BCUT2D eigenvalue weighted by atomic mass is 16.5. The van der Waals surface area contributed by atoms with E-state index in [2.05, 4.69) is 25.7 Å². The predicted molar refractivity (Wildman–Crippen MR) is 77.7 cm³/mol. The molecule has 1 saturated carbocycles. The minimum Gasteiger partial charge on any atom is -0.380 e. The standard InChI is InChI=1S/C15H32N2O/c1-4-17(9-10-18-5-2)13-15(12-16)8-6-7-14(3)11-15/h14H,4-13,16H2,1-3H3. The first-order valence-electron chi connectivity index (χ1n) is 7.66. The summed E-state index contributed by atoms with van der Waals surface area (Å²) in [6.07, 6.45) is 5.34. The lowest BCUT2D eigenvalue weighted by molar-refractivity contribution is 0.0635. The number of nitrogens with two attached hydrogens (primary N) is 1. The van der Waals surface area contributed by atoms with Gasteiger partial charge in [0.25, 0.3) is 0 Å². The van der Waals surface area contributed by atoms with Crippen molar-refractivity contribution >= 4 is 0 Å². The van der Waals surface area contributed by atoms with E-state index < -0.39 is 0 Å². The van der Waals surface area contributed by atoms with Gasteiger partial charge in [-0.25, -0.2) is 0 Å². The Morgan fingerprint density at radius 3 is 2.72 bits per heavy atom. The quantitative estimate of drug-likeness (QED) is 0.678. The molecule has 0 saturated heterocycles. The van der Waals surface area contributed by atoms with Crippen LogP contribution in [0, 0.1) is 11.3 Å². The maximum Gasteiger partial charge on any atom is 0.0593 e. The summed E-state index contributed by atoms with van der Waals surface area (Å²) in [6.45, 7) is 12.5. The van der Waals surface area contributed by atoms with Gasteiger partial charge in [0.05, 0.1) is 6.61 Å². The van der Waals surface area contributed by atoms with Gasteiger partial charge in [-0.3, -0.25) is 0 Å². The molecule has 3 nitrogen and oxygen atoms in total. The van der Waals surface area contributed by atoms with Crippen molar-refractivity contribution in [1.29, 1.82) is 0 Å². The summed E-state index contributed by atoms with van der Waals surface area (Å²) in [4.78, 5) is 2.51. The fourth-order valence-corrected chi connectivity index (χ4v) is 3.32. The SMILES string of the molecule is CCOCCN(CC)CC1(CN)CCCC(C)C1. The van der Waals surface area contributed by atoms with Crippen LogP contribution in [0.3, 0.4) is 0 Å². The van der Waals surface area contributed by atoms with Crippen LogP contribution in [0.4, 0.5) is 0 Å². The van der Waals surface area contributed by atoms with E-state index in [0.29, 0.717) is 5.41 Å². The highest BCUT2D eigenvalue weighted by molar-refractivity contribution is 4.88. The van der Waals surface area contributed by atoms with Crippen molar-refractivity contribution in [2.45, 2.75) is 46.5 Å². The Hall–Kier alpha value is -0.120. The monoisotopic (exact) mass is 256 g/mol. The van der Waals surface area contributed by atoms with Crippen molar-refractivity contribution in [3.8, 4) is 0 Å². The van der Waals surface area contributed by atoms with Gasteiger partial charge in [-0.15, -0.1) is 0 Å². The maximum atomic E-state index is 6.10. The molecular formula is C15H32N2O. The second-order valence-corrected chi connectivity index (χ2v) is 5.97. The normalized spacial score (nSPS) is 28.8. The first-order chi connectivity index (χ1) is 8.65. The van der Waals surface area contributed by atoms with Crippen LogP contribution in [0.15, 0.2) is 0 Å². The molecule has 2 unspecified atom stereocenters. The Balaban J connectivity index is 2.48. The van der Waals surface area contributed by atoms with E-state index in [-0.39, 0.29) is 0 Å². The topological polar surface area (TPSA) is 38.5 Å². The summed E-state index contributed by atoms with van der Waals surface area (Å²) >= 11 is 0. The molecule has 0 aromatic rings. The summed E-state index contributed by atoms with van der Waals surface area (Å²) < 4.78 is 5.47. The Labute approximate surface area is 113 Å². The lowest BCUT2D eigenvalue weighted by Gasteiger charge is -2.42. The van der Waals surface area contributed by atoms with Gasteiger partial charge >= 0.3 is 0 Å². The van der Waals surface area contributed by atoms with Crippen LogP contribution in [0.2, 0.25) is 0 Å². The molecule has 2 N–H and O–H groups in total. The van der Waals surface area contributed by atoms with Gasteiger partial charge in [0.15, 0.2) is 0 Å². The van der Waals surface area contributed by atoms with Crippen LogP contribution in [0.1, 0.15) is 46.5 Å². The molecule has 18 heavy (non-hydrogen) atoms. The summed E-state index contributed by atoms with van der Waals surface area (Å²) in [5.41, 5.74) is 6.46. The molecule has 0 spiro atoms. The van der Waals surface area contributed by atoms with Gasteiger partial charge in [-0.1, -0.05) is 26.7 Å². The highest BCUT2D eigenvalue weighted by Gasteiger charge is 2.34. The third kappa shape index (κ3) is 4.87. The molecule has 1 rings (SSSR count). The molecule has 0 amide bonds. The van der Waals surface area contributed by atoms with Crippen molar-refractivity contribution in [1.82, 2.24) is 4.90 Å². The summed E-state index contributed by atoms with van der Waals surface area (Å²) in [7, 11) is 0. The van der Waals surface area contributed by atoms with Gasteiger partial charge in [0.1, 0.15) is 0 Å². The fourth-order valence-electron chi connectivity index (χ4n) is 3.32. The molecule has 1 aliphatic carbocycles. The predicted octanol–water partition coefficient (Wildman–Crippen LogP) is 2.50. The van der Waals surface area contributed by atoms with Crippen LogP contribution in [0.25, 0.3) is 0 Å². The summed E-state index contributed by atoms with van der Waals surface area (Å²) in [5.74, 6) is 0.841. The van der Waals surface area contributed by atoms with E-state index in [1.54, 1.807) is 0 Å². The van der Waals surface area contributed by atoms with E-state index in [0.717, 1.165) is 45.3 Å². The maximum absolute atomic E-state index is 6.10. The molecule has 0 heterocycles. The zero-order valence-electron chi connectivity index (χ0n) is 12.6. The second-order valence-electron chi connectivity index (χ2n) is 5.97. The van der Waals surface area contributed by atoms with Crippen molar-refractivity contribution in [2.75, 3.05) is 39.4 Å². The van der Waals surface area contributed by atoms with E-state index in [1.807, 2.05) is 0 Å². The number of nitrogens with zero attached hydrogens (tertiary/aromatic N) is 1. The molecule has 1 fully saturated rings. The van der Waals surface area contributed by atoms with Crippen LogP contribution < -0.4 is 5.73 Å². The van der Waals surface area contributed by atoms with Gasteiger partial charge in [-0.05, 0) is 44.2 Å². The summed E-state index contributed by atoms with van der Waals surface area (Å²) in [6, 6.07) is 0. The number of likely N-dealkylation sites (N-methyl/N-ethyl adjacent to an activating group) is 1. The minimum absolute atomic E-state index is 0.361. The van der Waals surface area contributed by atoms with E-state index in [9.17, 15) is 0 Å². The molecule has 0 radical (unpaired) electrons. The molecule has 0 aromatic carbocycles. The van der Waals surface area contributed by atoms with Gasteiger partial charge in [0.2, 0.25) is 0 Å². The lowest BCUT2D eigenvalue weighted by Crippen LogP contribution is -2.46. The minimum atomic E-state index is 0.361. The third-order valence-electron chi connectivity index (χ3n) is 4.38. The molecule has 2 atom stereocenters. The first kappa shape index (κ1) is 15.9. The molecule has 108 valence electrons. The average molecular weight is 256 g/mol. The molecule has 0 aromatic heterocycles. The fraction of sp³-hybridized carbons (Fsp3) is 1.00. The van der Waals surface area contributed by atoms with Crippen molar-refractivity contribution < 1.29 is 4.74 Å². The smallest absolute Gasteiger partial charge is 0.0593 e. The molecule has 0 bridgehead atoms. The Morgan fingerprint density at radius 2 is 2.17 bits per heavy atom. The third-order valence-corrected chi connectivity index (χ3v) is 4.38. The Morgan fingerprint density at radius 1 is 1.39 bits per heavy atom. The Bertz CT molecular complexity index is 223. The summed E-state index contributed by atoms with van der Waals surface area (Å²) in [5, 5.41) is 0. The van der Waals surface area contributed by atoms with Crippen molar-refractivity contribution in [3.05, 3.63) is 0 Å². The van der Waals surface area contributed by atoms with Gasteiger partial charge < -0.3 is 15.4 Å². The average Bonchev–Trinajstić information content (AvgIpc) is 2.38. The van der Waals surface area contributed by atoms with Crippen LogP contribution >= 0.6 is 0 Å². The largest absolute Gasteiger partial charge is 0.380 e. The van der Waals surface area contributed by atoms with E-state index in [4.69, 9.17) is 10.5 Å². The van der Waals surface area contributed by atoms with Crippen molar-refractivity contribution in [3.63, 3.8) is 0 Å². The van der Waals surface area contributed by atoms with E-state index in [1.165, 1.54) is 25.7 Å². The lowest BCUT2D eigenvalue weighted by atomic mass is 9.69. The number of ether oxygens (including phenoxy) is 1. The molecule has 3 heteroatoms. The molecule has 0 aliphatic heterocycles. The highest BCUT2D eigenvalue weighted by Crippen LogP contribution is 2.39. The molecule has 1 aliphatic rings. The second kappa shape index (κ2) is 8.13. The Kier molecular flexibility index (Phi) is 7.20. The number of hydrogen-bond donors (Lipinski definition) is 1. The zero-order valence-corrected chi connectivity index (χ0v) is 12.6.